The van der Waals surface area contributed by atoms with E-state index < -0.39 is 0 Å². The molecule has 0 saturated heterocycles. The first-order chi connectivity index (χ1) is 10.3. The Kier molecular flexibility index (Phi) is 4.03. The number of benzene rings is 1. The number of anilines is 1. The molecular weight excluding hydrogens is 284 g/mol. The summed E-state index contributed by atoms with van der Waals surface area (Å²) in [6.45, 7) is 2.11. The summed E-state index contributed by atoms with van der Waals surface area (Å²) in [4.78, 5) is 16.4. The zero-order valence-electron chi connectivity index (χ0n) is 11.6. The average molecular weight is 300 g/mol. The Balaban J connectivity index is 1.96. The molecule has 0 aliphatic rings. The van der Waals surface area contributed by atoms with E-state index in [9.17, 15) is 0 Å². The highest BCUT2D eigenvalue weighted by Gasteiger charge is 2.13. The molecule has 3 aromatic rings. The molecule has 6 nitrogen and oxygen atoms in total. The lowest BCUT2D eigenvalue weighted by Gasteiger charge is -2.10. The summed E-state index contributed by atoms with van der Waals surface area (Å²) in [5.74, 6) is 6.20. The van der Waals surface area contributed by atoms with Gasteiger partial charge in [0.1, 0.15) is 17.2 Å². The van der Waals surface area contributed by atoms with E-state index in [0.717, 1.165) is 39.6 Å². The van der Waals surface area contributed by atoms with Crippen molar-refractivity contribution >= 4 is 28.6 Å². The van der Waals surface area contributed by atoms with Gasteiger partial charge in [-0.1, -0.05) is 25.5 Å². The van der Waals surface area contributed by atoms with Gasteiger partial charge in [0.05, 0.1) is 11.0 Å². The molecule has 4 N–H and O–H groups in total. The summed E-state index contributed by atoms with van der Waals surface area (Å²) in [6.07, 6.45) is 3.37. The number of para-hydroxylation sites is 2. The van der Waals surface area contributed by atoms with Gasteiger partial charge in [0.25, 0.3) is 0 Å². The van der Waals surface area contributed by atoms with Crippen molar-refractivity contribution in [2.24, 2.45) is 5.84 Å². The van der Waals surface area contributed by atoms with Crippen LogP contribution in [0.4, 0.5) is 5.82 Å². The van der Waals surface area contributed by atoms with Gasteiger partial charge >= 0.3 is 0 Å². The van der Waals surface area contributed by atoms with Crippen molar-refractivity contribution in [3.8, 4) is 0 Å². The molecule has 108 valence electrons. The van der Waals surface area contributed by atoms with Crippen LogP contribution in [0.5, 0.6) is 0 Å². The molecule has 0 amide bonds. The molecule has 0 atom stereocenters. The quantitative estimate of drug-likeness (QED) is 0.381. The number of hydrogen-bond acceptors (Lipinski definition) is 6. The summed E-state index contributed by atoms with van der Waals surface area (Å²) in [7, 11) is 0. The van der Waals surface area contributed by atoms with E-state index in [1.807, 2.05) is 24.3 Å². The number of aromatic nitrogens is 4. The summed E-state index contributed by atoms with van der Waals surface area (Å²) in [5.41, 5.74) is 5.62. The highest BCUT2D eigenvalue weighted by Crippen LogP contribution is 2.31. The Morgan fingerprint density at radius 3 is 2.90 bits per heavy atom. The van der Waals surface area contributed by atoms with E-state index in [4.69, 9.17) is 5.84 Å². The molecule has 0 aliphatic carbocycles. The summed E-state index contributed by atoms with van der Waals surface area (Å²) in [5, 5.41) is 1.69. The number of hydrogen-bond donors (Lipinski definition) is 3. The number of nitrogens with one attached hydrogen (secondary N) is 2. The maximum absolute atomic E-state index is 5.53. The minimum Gasteiger partial charge on any atom is -0.333 e. The topological polar surface area (TPSA) is 92.5 Å². The van der Waals surface area contributed by atoms with Gasteiger partial charge in [-0.2, -0.15) is 0 Å². The van der Waals surface area contributed by atoms with Crippen molar-refractivity contribution < 1.29 is 0 Å². The summed E-state index contributed by atoms with van der Waals surface area (Å²) >= 11 is 1.50. The maximum Gasteiger partial charge on any atom is 0.172 e. The highest BCUT2D eigenvalue weighted by atomic mass is 32.2. The largest absolute Gasteiger partial charge is 0.333 e. The van der Waals surface area contributed by atoms with Gasteiger partial charge in [0.2, 0.25) is 0 Å². The van der Waals surface area contributed by atoms with Crippen molar-refractivity contribution in [2.45, 2.75) is 29.9 Å². The van der Waals surface area contributed by atoms with E-state index in [1.54, 1.807) is 0 Å². The molecule has 2 aromatic heterocycles. The first-order valence-corrected chi connectivity index (χ1v) is 7.56. The Morgan fingerprint density at radius 1 is 1.29 bits per heavy atom. The molecule has 0 fully saturated rings. The monoisotopic (exact) mass is 300 g/mol. The zero-order valence-corrected chi connectivity index (χ0v) is 12.4. The molecule has 0 radical (unpaired) electrons. The molecule has 0 saturated carbocycles. The van der Waals surface area contributed by atoms with E-state index in [-0.39, 0.29) is 0 Å². The third-order valence-electron chi connectivity index (χ3n) is 3.10. The van der Waals surface area contributed by atoms with E-state index in [1.165, 1.54) is 18.1 Å². The minimum absolute atomic E-state index is 0.672. The average Bonchev–Trinajstić information content (AvgIpc) is 2.91. The first kappa shape index (κ1) is 13.8. The van der Waals surface area contributed by atoms with Crippen LogP contribution in [-0.4, -0.2) is 19.9 Å². The van der Waals surface area contributed by atoms with Crippen LogP contribution in [0.15, 0.2) is 40.8 Å². The molecule has 0 aliphatic heterocycles. The number of imidazole rings is 1. The fourth-order valence-electron chi connectivity index (χ4n) is 2.15. The van der Waals surface area contributed by atoms with Crippen LogP contribution in [0.3, 0.4) is 0 Å². The van der Waals surface area contributed by atoms with Crippen LogP contribution in [0.25, 0.3) is 11.0 Å². The molecular formula is C14H16N6S. The molecule has 0 bridgehead atoms. The number of nitrogens with zero attached hydrogens (tertiary/aromatic N) is 3. The predicted molar refractivity (Wildman–Crippen MR) is 84.1 cm³/mol. The number of hydrazine groups is 1. The number of fused-ring (bicyclic) bond motifs is 1. The lowest BCUT2D eigenvalue weighted by molar-refractivity contribution is 0.854. The molecule has 1 aromatic carbocycles. The number of nitrogens with two attached hydrogens (primary N) is 1. The van der Waals surface area contributed by atoms with Gasteiger partial charge in [0.15, 0.2) is 5.16 Å². The molecule has 21 heavy (non-hydrogen) atoms. The third-order valence-corrected chi connectivity index (χ3v) is 4.04. The highest BCUT2D eigenvalue weighted by molar-refractivity contribution is 7.99. The van der Waals surface area contributed by atoms with Crippen LogP contribution >= 0.6 is 11.8 Å². The van der Waals surface area contributed by atoms with Crippen molar-refractivity contribution in [3.05, 3.63) is 36.2 Å². The van der Waals surface area contributed by atoms with Crippen LogP contribution in [-0.2, 0) is 6.42 Å². The van der Waals surface area contributed by atoms with Gasteiger partial charge in [0, 0.05) is 5.56 Å². The molecule has 2 heterocycles. The third kappa shape index (κ3) is 2.84. The van der Waals surface area contributed by atoms with Crippen molar-refractivity contribution in [3.63, 3.8) is 0 Å². The van der Waals surface area contributed by atoms with E-state index in [2.05, 4.69) is 32.3 Å². The van der Waals surface area contributed by atoms with Gasteiger partial charge in [-0.25, -0.2) is 20.8 Å². The van der Waals surface area contributed by atoms with Crippen LogP contribution in [0.1, 0.15) is 18.9 Å². The van der Waals surface area contributed by atoms with Crippen molar-refractivity contribution in [2.75, 3.05) is 5.43 Å². The zero-order chi connectivity index (χ0) is 14.7. The Morgan fingerprint density at radius 2 is 2.14 bits per heavy atom. The maximum atomic E-state index is 5.53. The Bertz CT molecular complexity index is 721. The second kappa shape index (κ2) is 6.11. The Labute approximate surface area is 126 Å². The number of H-pyrrole nitrogens is 1. The minimum atomic E-state index is 0.672. The van der Waals surface area contributed by atoms with Crippen LogP contribution < -0.4 is 11.3 Å². The molecule has 0 spiro atoms. The first-order valence-electron chi connectivity index (χ1n) is 6.75. The SMILES string of the molecule is CCCc1c(NN)ncnc1Sc1nc2ccccc2[nH]1. The molecule has 3 rings (SSSR count). The van der Waals surface area contributed by atoms with Crippen molar-refractivity contribution in [1.82, 2.24) is 19.9 Å². The lowest BCUT2D eigenvalue weighted by Crippen LogP contribution is -2.12. The Hall–Kier alpha value is -2.12. The van der Waals surface area contributed by atoms with Gasteiger partial charge in [-0.05, 0) is 30.3 Å². The second-order valence-corrected chi connectivity index (χ2v) is 5.54. The lowest BCUT2D eigenvalue weighted by atomic mass is 10.2. The summed E-state index contributed by atoms with van der Waals surface area (Å²) < 4.78 is 0. The number of aromatic amines is 1. The van der Waals surface area contributed by atoms with E-state index in [0.29, 0.717) is 5.82 Å². The number of nitrogen functional groups attached to an aromatic ring is 1. The standard InChI is InChI=1S/C14H16N6S/c1-2-5-9-12(20-15)16-8-17-13(9)21-14-18-10-6-3-4-7-11(10)19-14/h3-4,6-8H,2,5,15H2,1H3,(H,18,19)(H,16,17,20). The second-order valence-electron chi connectivity index (χ2n) is 4.56. The molecule has 7 heteroatoms. The fraction of sp³-hybridized carbons (Fsp3) is 0.214. The summed E-state index contributed by atoms with van der Waals surface area (Å²) in [6, 6.07) is 7.95. The van der Waals surface area contributed by atoms with Crippen LogP contribution in [0, 0.1) is 0 Å². The van der Waals surface area contributed by atoms with Crippen LogP contribution in [0.2, 0.25) is 0 Å². The van der Waals surface area contributed by atoms with Gasteiger partial charge in [-0.3, -0.25) is 0 Å². The van der Waals surface area contributed by atoms with Gasteiger partial charge in [-0.15, -0.1) is 0 Å². The molecule has 0 unspecified atom stereocenters. The van der Waals surface area contributed by atoms with Crippen molar-refractivity contribution in [1.29, 1.82) is 0 Å². The predicted octanol–water partition coefficient (Wildman–Crippen LogP) is 2.74. The normalized spacial score (nSPS) is 11.0. The van der Waals surface area contributed by atoms with E-state index >= 15 is 0 Å². The fourth-order valence-corrected chi connectivity index (χ4v) is 3.06. The number of rotatable bonds is 5. The van der Waals surface area contributed by atoms with Gasteiger partial charge < -0.3 is 10.4 Å². The smallest absolute Gasteiger partial charge is 0.172 e.